The number of para-hydroxylation sites is 4. The van der Waals surface area contributed by atoms with E-state index in [-0.39, 0.29) is 0 Å². The zero-order chi connectivity index (χ0) is 50.6. The van der Waals surface area contributed by atoms with Crippen molar-refractivity contribution in [3.05, 3.63) is 253 Å². The molecule has 0 aliphatic heterocycles. The third kappa shape index (κ3) is 6.72. The molecule has 0 radical (unpaired) electrons. The summed E-state index contributed by atoms with van der Waals surface area (Å²) in [6.45, 7) is 6.47. The summed E-state index contributed by atoms with van der Waals surface area (Å²) < 4.78 is 21.7. The summed E-state index contributed by atoms with van der Waals surface area (Å²) in [5.74, 6) is 0. The van der Waals surface area contributed by atoms with E-state index in [1.54, 1.807) is 0 Å². The van der Waals surface area contributed by atoms with Crippen molar-refractivity contribution in [2.75, 3.05) is 9.80 Å². The summed E-state index contributed by atoms with van der Waals surface area (Å²) in [5, 5.41) is 10.4. The highest BCUT2D eigenvalue weighted by Gasteiger charge is 2.28. The molecule has 0 saturated heterocycles. The van der Waals surface area contributed by atoms with Gasteiger partial charge in [0.25, 0.3) is 0 Å². The number of aryl methyl sites for hydroxylation is 3. The van der Waals surface area contributed by atoms with Crippen LogP contribution in [-0.4, -0.2) is 0 Å². The number of benzene rings is 12. The molecular weight excluding hydrogens is 929 g/mol. The van der Waals surface area contributed by atoms with Crippen LogP contribution in [0.5, 0.6) is 0 Å². The highest BCUT2D eigenvalue weighted by molar-refractivity contribution is 6.26. The Morgan fingerprint density at radius 2 is 0.632 bits per heavy atom. The molecule has 3 aromatic heterocycles. The fourth-order valence-corrected chi connectivity index (χ4v) is 12.0. The monoisotopic (exact) mass is 976 g/mol. The first kappa shape index (κ1) is 43.7. The van der Waals surface area contributed by atoms with E-state index in [1.165, 1.54) is 5.56 Å². The molecule has 0 unspecified atom stereocenters. The molecule has 0 aliphatic rings. The van der Waals surface area contributed by atoms with E-state index in [4.69, 9.17) is 13.3 Å². The maximum absolute atomic E-state index is 7.28. The first-order chi connectivity index (χ1) is 37.4. The summed E-state index contributed by atoms with van der Waals surface area (Å²) in [5.41, 5.74) is 18.9. The lowest BCUT2D eigenvalue weighted by atomic mass is 9.98. The van der Waals surface area contributed by atoms with Crippen molar-refractivity contribution in [2.45, 2.75) is 20.8 Å². The minimum absolute atomic E-state index is 0.816. The van der Waals surface area contributed by atoms with E-state index in [2.05, 4.69) is 267 Å². The lowest BCUT2D eigenvalue weighted by Crippen LogP contribution is -2.11. The van der Waals surface area contributed by atoms with Gasteiger partial charge in [0, 0.05) is 76.4 Å². The molecule has 0 atom stereocenters. The lowest BCUT2D eigenvalue weighted by Gasteiger charge is -2.28. The molecule has 76 heavy (non-hydrogen) atoms. The number of hydrogen-bond donors (Lipinski definition) is 0. The normalized spacial score (nSPS) is 11.9. The largest absolute Gasteiger partial charge is 0.455 e. The standard InChI is InChI=1S/C71H48N2O3/c1-43-19-13-24-47(39-43)72(62-37-17-35-58-56-33-15-31-50(66(56)75-70(58)62)46-22-5-4-6-23-46)64-41-60-61-42-65(52-28-10-12-30-55(52)69(61)74-68(60)54-29-11-9-27-51(54)64)73(48-25-14-20-44(2)40-48)63-38-18-36-59-57-34-16-32-53(67(57)76-71(59)63)49-26-8-7-21-45(49)3/h4-42H,1-3H3. The molecule has 0 saturated carbocycles. The molecule has 15 rings (SSSR count). The second-order valence-electron chi connectivity index (χ2n) is 20.1. The van der Waals surface area contributed by atoms with Gasteiger partial charge in [-0.2, -0.15) is 0 Å². The molecule has 3 heterocycles. The van der Waals surface area contributed by atoms with Crippen LogP contribution in [0.25, 0.3) is 110 Å². The summed E-state index contributed by atoms with van der Waals surface area (Å²) in [6.07, 6.45) is 0. The van der Waals surface area contributed by atoms with Gasteiger partial charge in [0.05, 0.1) is 22.7 Å². The van der Waals surface area contributed by atoms with E-state index in [9.17, 15) is 0 Å². The molecule has 5 heteroatoms. The number of nitrogens with zero attached hydrogens (tertiary/aromatic N) is 2. The number of hydrogen-bond acceptors (Lipinski definition) is 5. The Hall–Kier alpha value is -9.84. The van der Waals surface area contributed by atoms with Crippen LogP contribution in [-0.2, 0) is 0 Å². The van der Waals surface area contributed by atoms with Crippen LogP contribution in [0, 0.1) is 20.8 Å². The van der Waals surface area contributed by atoms with Crippen molar-refractivity contribution < 1.29 is 13.3 Å². The molecule has 0 aliphatic carbocycles. The summed E-state index contributed by atoms with van der Waals surface area (Å²) in [4.78, 5) is 4.77. The molecule has 0 bridgehead atoms. The van der Waals surface area contributed by atoms with Crippen molar-refractivity contribution in [1.82, 2.24) is 0 Å². The zero-order valence-corrected chi connectivity index (χ0v) is 42.1. The predicted molar refractivity (Wildman–Crippen MR) is 318 cm³/mol. The van der Waals surface area contributed by atoms with Gasteiger partial charge < -0.3 is 23.1 Å². The predicted octanol–water partition coefficient (Wildman–Crippen LogP) is 20.9. The topological polar surface area (TPSA) is 45.9 Å². The summed E-state index contributed by atoms with van der Waals surface area (Å²) in [6, 6.07) is 84.6. The van der Waals surface area contributed by atoms with Gasteiger partial charge in [-0.1, -0.05) is 188 Å². The van der Waals surface area contributed by atoms with E-state index in [0.29, 0.717) is 0 Å². The number of furan rings is 3. The number of anilines is 6. The lowest BCUT2D eigenvalue weighted by molar-refractivity contribution is 0.670. The first-order valence-electron chi connectivity index (χ1n) is 26.0. The molecule has 0 amide bonds. The molecule has 0 fully saturated rings. The van der Waals surface area contributed by atoms with Gasteiger partial charge in [0.1, 0.15) is 22.3 Å². The second kappa shape index (κ2) is 17.1. The van der Waals surface area contributed by atoms with Gasteiger partial charge in [0.2, 0.25) is 0 Å². The van der Waals surface area contributed by atoms with E-state index in [0.717, 1.165) is 155 Å². The molecule has 0 N–H and O–H groups in total. The Balaban J connectivity index is 1.01. The molecule has 12 aromatic carbocycles. The van der Waals surface area contributed by atoms with Gasteiger partial charge in [-0.25, -0.2) is 0 Å². The molecule has 15 aromatic rings. The van der Waals surface area contributed by atoms with Gasteiger partial charge in [-0.3, -0.25) is 0 Å². The average molecular weight is 977 g/mol. The van der Waals surface area contributed by atoms with Gasteiger partial charge in [-0.15, -0.1) is 0 Å². The van der Waals surface area contributed by atoms with Crippen LogP contribution in [0.2, 0.25) is 0 Å². The fourth-order valence-electron chi connectivity index (χ4n) is 12.0. The second-order valence-corrected chi connectivity index (χ2v) is 20.1. The Bertz CT molecular complexity index is 4830. The SMILES string of the molecule is Cc1cccc(N(c2cc3c4cc(N(c5cccc(C)c5)c5cccc6c5oc5c(-c7ccccc7C)cccc56)c5ccccc5c4oc3c3ccccc23)c2cccc3c2oc2c(-c4ccccc4)cccc23)c1. The Morgan fingerprint density at radius 1 is 0.250 bits per heavy atom. The van der Waals surface area contributed by atoms with E-state index >= 15 is 0 Å². The minimum Gasteiger partial charge on any atom is -0.455 e. The number of fused-ring (bicyclic) bond motifs is 13. The van der Waals surface area contributed by atoms with E-state index in [1.807, 2.05) is 0 Å². The van der Waals surface area contributed by atoms with Gasteiger partial charge in [-0.05, 0) is 97.1 Å². The zero-order valence-electron chi connectivity index (χ0n) is 42.1. The maximum atomic E-state index is 7.28. The van der Waals surface area contributed by atoms with Crippen LogP contribution >= 0.6 is 0 Å². The molecule has 360 valence electrons. The smallest absolute Gasteiger partial charge is 0.159 e. The third-order valence-corrected chi connectivity index (χ3v) is 15.5. The van der Waals surface area contributed by atoms with Crippen molar-refractivity contribution in [1.29, 1.82) is 0 Å². The van der Waals surface area contributed by atoms with E-state index < -0.39 is 0 Å². The fraction of sp³-hybridized carbons (Fsp3) is 0.0423. The van der Waals surface area contributed by atoms with Crippen LogP contribution in [0.15, 0.2) is 250 Å². The van der Waals surface area contributed by atoms with Crippen LogP contribution < -0.4 is 9.80 Å². The average Bonchev–Trinajstić information content (AvgIpc) is 4.28. The molecular formula is C71H48N2O3. The van der Waals surface area contributed by atoms with Crippen molar-refractivity contribution in [2.24, 2.45) is 0 Å². The summed E-state index contributed by atoms with van der Waals surface area (Å²) >= 11 is 0. The van der Waals surface area contributed by atoms with Crippen molar-refractivity contribution in [3.8, 4) is 22.3 Å². The quantitative estimate of drug-likeness (QED) is 0.152. The Kier molecular flexibility index (Phi) is 9.85. The minimum atomic E-state index is 0.816. The van der Waals surface area contributed by atoms with Crippen molar-refractivity contribution >= 4 is 121 Å². The Morgan fingerprint density at radius 3 is 1.16 bits per heavy atom. The molecule has 0 spiro atoms. The van der Waals surface area contributed by atoms with Gasteiger partial charge in [0.15, 0.2) is 11.2 Å². The van der Waals surface area contributed by atoms with Crippen LogP contribution in [0.4, 0.5) is 34.1 Å². The summed E-state index contributed by atoms with van der Waals surface area (Å²) in [7, 11) is 0. The number of rotatable bonds is 8. The van der Waals surface area contributed by atoms with Crippen molar-refractivity contribution in [3.63, 3.8) is 0 Å². The third-order valence-electron chi connectivity index (χ3n) is 15.5. The van der Waals surface area contributed by atoms with Crippen LogP contribution in [0.3, 0.4) is 0 Å². The van der Waals surface area contributed by atoms with Gasteiger partial charge >= 0.3 is 0 Å². The molecule has 5 nitrogen and oxygen atoms in total. The Labute approximate surface area is 438 Å². The van der Waals surface area contributed by atoms with Crippen LogP contribution in [0.1, 0.15) is 16.7 Å². The first-order valence-corrected chi connectivity index (χ1v) is 26.0. The maximum Gasteiger partial charge on any atom is 0.159 e. The highest BCUT2D eigenvalue weighted by Crippen LogP contribution is 2.52. The highest BCUT2D eigenvalue weighted by atomic mass is 16.3.